The topological polar surface area (TPSA) is 37.4 Å². The lowest BCUT2D eigenvalue weighted by Gasteiger charge is -2.08. The molecule has 0 fully saturated rings. The van der Waals surface area contributed by atoms with Gasteiger partial charge in [0, 0.05) is 13.1 Å². The second-order valence-corrected chi connectivity index (χ2v) is 5.32. The van der Waals surface area contributed by atoms with Gasteiger partial charge in [-0.05, 0) is 33.2 Å². The number of nitrogens with one attached hydrogen (secondary N) is 1. The molecule has 1 aromatic carbocycles. The Bertz CT molecular complexity index is 510. The Morgan fingerprint density at radius 2 is 2.22 bits per heavy atom. The molecular formula is C13H19N3OS. The molecule has 1 N–H and O–H groups in total. The molecule has 5 heteroatoms. The van der Waals surface area contributed by atoms with Crippen molar-refractivity contribution in [1.82, 2.24) is 9.88 Å². The number of ether oxygens (including phenoxy) is 1. The van der Waals surface area contributed by atoms with E-state index in [0.29, 0.717) is 6.61 Å². The summed E-state index contributed by atoms with van der Waals surface area (Å²) in [5.41, 5.74) is 0.955. The standard InChI is InChI=1S/C13H19N3OS/c1-4-17-10-6-5-7-11-12(10)15-13(18-11)14-8-9-16(2)3/h5-7H,4,8-9H2,1-3H3,(H,14,15). The zero-order valence-electron chi connectivity index (χ0n) is 11.1. The van der Waals surface area contributed by atoms with E-state index in [2.05, 4.69) is 35.4 Å². The molecule has 2 aromatic rings. The first-order valence-electron chi connectivity index (χ1n) is 6.11. The molecule has 1 aromatic heterocycles. The second-order valence-electron chi connectivity index (χ2n) is 4.28. The molecule has 98 valence electrons. The minimum Gasteiger partial charge on any atom is -0.492 e. The molecule has 0 spiro atoms. The third kappa shape index (κ3) is 3.11. The van der Waals surface area contributed by atoms with Crippen molar-refractivity contribution in [2.24, 2.45) is 0 Å². The molecule has 2 rings (SSSR count). The maximum atomic E-state index is 5.58. The monoisotopic (exact) mass is 265 g/mol. The summed E-state index contributed by atoms with van der Waals surface area (Å²) in [6.07, 6.45) is 0. The number of benzene rings is 1. The van der Waals surface area contributed by atoms with Gasteiger partial charge in [0.2, 0.25) is 0 Å². The van der Waals surface area contributed by atoms with Gasteiger partial charge in [-0.3, -0.25) is 0 Å². The van der Waals surface area contributed by atoms with Crippen LogP contribution in [0.4, 0.5) is 5.13 Å². The van der Waals surface area contributed by atoms with Gasteiger partial charge in [0.25, 0.3) is 0 Å². The average Bonchev–Trinajstić information content (AvgIpc) is 2.73. The van der Waals surface area contributed by atoms with Crippen molar-refractivity contribution in [3.63, 3.8) is 0 Å². The number of rotatable bonds is 6. The maximum Gasteiger partial charge on any atom is 0.183 e. The summed E-state index contributed by atoms with van der Waals surface area (Å²) >= 11 is 1.67. The first-order valence-corrected chi connectivity index (χ1v) is 6.93. The largest absolute Gasteiger partial charge is 0.492 e. The van der Waals surface area contributed by atoms with Gasteiger partial charge in [0.05, 0.1) is 11.3 Å². The highest BCUT2D eigenvalue weighted by Crippen LogP contribution is 2.32. The summed E-state index contributed by atoms with van der Waals surface area (Å²) in [7, 11) is 4.13. The van der Waals surface area contributed by atoms with Crippen molar-refractivity contribution in [3.05, 3.63) is 18.2 Å². The first kappa shape index (κ1) is 13.1. The summed E-state index contributed by atoms with van der Waals surface area (Å²) in [5.74, 6) is 0.868. The third-order valence-corrected chi connectivity index (χ3v) is 3.50. The van der Waals surface area contributed by atoms with E-state index in [1.54, 1.807) is 11.3 Å². The lowest BCUT2D eigenvalue weighted by Crippen LogP contribution is -2.20. The summed E-state index contributed by atoms with van der Waals surface area (Å²) in [5, 5.41) is 4.30. The number of likely N-dealkylation sites (N-methyl/N-ethyl adjacent to an activating group) is 1. The first-order chi connectivity index (χ1) is 8.70. The highest BCUT2D eigenvalue weighted by molar-refractivity contribution is 7.22. The SMILES string of the molecule is CCOc1cccc2sc(NCCN(C)C)nc12. The summed E-state index contributed by atoms with van der Waals surface area (Å²) in [6, 6.07) is 6.05. The molecular weight excluding hydrogens is 246 g/mol. The van der Waals surface area contributed by atoms with E-state index in [1.165, 1.54) is 0 Å². The van der Waals surface area contributed by atoms with Gasteiger partial charge >= 0.3 is 0 Å². The van der Waals surface area contributed by atoms with Crippen LogP contribution in [0.5, 0.6) is 5.75 Å². The van der Waals surface area contributed by atoms with Crippen LogP contribution >= 0.6 is 11.3 Å². The zero-order chi connectivity index (χ0) is 13.0. The van der Waals surface area contributed by atoms with E-state index in [4.69, 9.17) is 4.74 Å². The number of fused-ring (bicyclic) bond motifs is 1. The lowest BCUT2D eigenvalue weighted by molar-refractivity contribution is 0.344. The van der Waals surface area contributed by atoms with Gasteiger partial charge in [-0.1, -0.05) is 17.4 Å². The molecule has 0 saturated carbocycles. The molecule has 0 aliphatic rings. The van der Waals surface area contributed by atoms with E-state index < -0.39 is 0 Å². The number of thiazole rings is 1. The number of hydrogen-bond acceptors (Lipinski definition) is 5. The maximum absolute atomic E-state index is 5.58. The Hall–Kier alpha value is -1.33. The Kier molecular flexibility index (Phi) is 4.38. The Balaban J connectivity index is 2.13. The van der Waals surface area contributed by atoms with Crippen LogP contribution in [0.3, 0.4) is 0 Å². The summed E-state index contributed by atoms with van der Waals surface area (Å²) < 4.78 is 6.74. The number of nitrogens with zero attached hydrogens (tertiary/aromatic N) is 2. The molecule has 18 heavy (non-hydrogen) atoms. The lowest BCUT2D eigenvalue weighted by atomic mass is 10.3. The van der Waals surface area contributed by atoms with Gasteiger partial charge in [-0.25, -0.2) is 4.98 Å². The molecule has 0 aliphatic heterocycles. The van der Waals surface area contributed by atoms with Gasteiger partial charge in [0.15, 0.2) is 5.13 Å². The van der Waals surface area contributed by atoms with Crippen LogP contribution in [-0.2, 0) is 0 Å². The smallest absolute Gasteiger partial charge is 0.183 e. The van der Waals surface area contributed by atoms with Crippen LogP contribution in [0.15, 0.2) is 18.2 Å². The fourth-order valence-electron chi connectivity index (χ4n) is 1.66. The second kappa shape index (κ2) is 6.02. The molecule has 4 nitrogen and oxygen atoms in total. The Morgan fingerprint density at radius 1 is 1.39 bits per heavy atom. The van der Waals surface area contributed by atoms with E-state index >= 15 is 0 Å². The molecule has 0 bridgehead atoms. The normalized spacial score (nSPS) is 11.1. The fraction of sp³-hybridized carbons (Fsp3) is 0.462. The Labute approximate surface area is 112 Å². The minimum absolute atomic E-state index is 0.667. The number of anilines is 1. The summed E-state index contributed by atoms with van der Waals surface area (Å²) in [6.45, 7) is 4.55. The summed E-state index contributed by atoms with van der Waals surface area (Å²) in [4.78, 5) is 6.74. The third-order valence-electron chi connectivity index (χ3n) is 2.52. The fourth-order valence-corrected chi connectivity index (χ4v) is 2.57. The highest BCUT2D eigenvalue weighted by atomic mass is 32.1. The van der Waals surface area contributed by atoms with Crippen molar-refractivity contribution >= 4 is 26.7 Å². The van der Waals surface area contributed by atoms with Crippen molar-refractivity contribution in [1.29, 1.82) is 0 Å². The van der Waals surface area contributed by atoms with Crippen LogP contribution in [0.2, 0.25) is 0 Å². The van der Waals surface area contributed by atoms with Crippen molar-refractivity contribution in [2.75, 3.05) is 39.1 Å². The van der Waals surface area contributed by atoms with Gasteiger partial charge in [-0.15, -0.1) is 0 Å². The predicted molar refractivity (Wildman–Crippen MR) is 77.8 cm³/mol. The predicted octanol–water partition coefficient (Wildman–Crippen LogP) is 2.67. The van der Waals surface area contributed by atoms with Gasteiger partial charge in [-0.2, -0.15) is 0 Å². The zero-order valence-corrected chi connectivity index (χ0v) is 11.9. The van der Waals surface area contributed by atoms with Crippen molar-refractivity contribution in [3.8, 4) is 5.75 Å². The van der Waals surface area contributed by atoms with Crippen LogP contribution in [-0.4, -0.2) is 43.7 Å². The molecule has 0 unspecified atom stereocenters. The van der Waals surface area contributed by atoms with Crippen LogP contribution in [0.1, 0.15) is 6.92 Å². The van der Waals surface area contributed by atoms with Crippen LogP contribution in [0, 0.1) is 0 Å². The Morgan fingerprint density at radius 3 is 2.94 bits per heavy atom. The van der Waals surface area contributed by atoms with E-state index in [1.807, 2.05) is 19.1 Å². The van der Waals surface area contributed by atoms with Gasteiger partial charge < -0.3 is 15.0 Å². The molecule has 0 saturated heterocycles. The minimum atomic E-state index is 0.667. The van der Waals surface area contributed by atoms with Gasteiger partial charge in [0.1, 0.15) is 11.3 Å². The van der Waals surface area contributed by atoms with Crippen molar-refractivity contribution < 1.29 is 4.74 Å². The average molecular weight is 265 g/mol. The van der Waals surface area contributed by atoms with Crippen LogP contribution < -0.4 is 10.1 Å². The molecule has 0 radical (unpaired) electrons. The number of para-hydroxylation sites is 1. The van der Waals surface area contributed by atoms with E-state index in [-0.39, 0.29) is 0 Å². The molecule has 0 atom stereocenters. The highest BCUT2D eigenvalue weighted by Gasteiger charge is 2.08. The number of hydrogen-bond donors (Lipinski definition) is 1. The number of aromatic nitrogens is 1. The molecule has 0 aliphatic carbocycles. The molecule has 1 heterocycles. The van der Waals surface area contributed by atoms with E-state index in [0.717, 1.165) is 34.2 Å². The van der Waals surface area contributed by atoms with E-state index in [9.17, 15) is 0 Å². The van der Waals surface area contributed by atoms with Crippen molar-refractivity contribution in [2.45, 2.75) is 6.92 Å². The van der Waals surface area contributed by atoms with Crippen LogP contribution in [0.25, 0.3) is 10.2 Å². The molecule has 0 amide bonds. The quantitative estimate of drug-likeness (QED) is 0.871.